The lowest BCUT2D eigenvalue weighted by atomic mass is 9.98. The maximum Gasteiger partial charge on any atom is 0.255 e. The summed E-state index contributed by atoms with van der Waals surface area (Å²) in [6.07, 6.45) is 0.793. The maximum atomic E-state index is 11.3. The second-order valence-electron chi connectivity index (χ2n) is 4.31. The van der Waals surface area contributed by atoms with Crippen LogP contribution in [0.3, 0.4) is 0 Å². The Balaban J connectivity index is 3.20. The third-order valence-electron chi connectivity index (χ3n) is 2.82. The first-order chi connectivity index (χ1) is 8.75. The molecule has 1 rings (SSSR count). The van der Waals surface area contributed by atoms with Gasteiger partial charge in [-0.15, -0.1) is 0 Å². The zero-order chi connectivity index (χ0) is 14.6. The molecule has 0 saturated heterocycles. The zero-order valence-electron chi connectivity index (χ0n) is 10.9. The van der Waals surface area contributed by atoms with E-state index in [0.717, 1.165) is 6.42 Å². The number of benzene rings is 1. The van der Waals surface area contributed by atoms with Crippen molar-refractivity contribution >= 4 is 15.9 Å². The average Bonchev–Trinajstić information content (AvgIpc) is 2.34. The second kappa shape index (κ2) is 6.03. The summed E-state index contributed by atoms with van der Waals surface area (Å²) in [6.45, 7) is 3.64. The Morgan fingerprint density at radius 2 is 2.05 bits per heavy atom. The lowest BCUT2D eigenvalue weighted by Crippen LogP contribution is -2.21. The van der Waals surface area contributed by atoms with Crippen molar-refractivity contribution in [3.05, 3.63) is 23.8 Å². The molecular weight excluding hydrogens is 268 g/mol. The van der Waals surface area contributed by atoms with E-state index in [0.29, 0.717) is 11.3 Å². The fourth-order valence-corrected chi connectivity index (χ4v) is 2.14. The van der Waals surface area contributed by atoms with Crippen LogP contribution >= 0.6 is 0 Å². The summed E-state index contributed by atoms with van der Waals surface area (Å²) >= 11 is 0. The van der Waals surface area contributed by atoms with Gasteiger partial charge in [0.2, 0.25) is 10.0 Å². The van der Waals surface area contributed by atoms with Gasteiger partial charge in [-0.25, -0.2) is 13.6 Å². The number of sulfonamides is 1. The highest BCUT2D eigenvalue weighted by atomic mass is 32.2. The minimum absolute atomic E-state index is 0.0224. The summed E-state index contributed by atoms with van der Waals surface area (Å²) in [5.41, 5.74) is 5.71. The molecule has 1 aromatic rings. The third-order valence-corrected chi connectivity index (χ3v) is 3.73. The summed E-state index contributed by atoms with van der Waals surface area (Å²) in [5, 5.41) is 5.10. The largest absolute Gasteiger partial charge is 0.483 e. The SMILES string of the molecule is CCC(C)c1cc(S(N)(=O)=O)ccc1OCC(N)=O. The van der Waals surface area contributed by atoms with Crippen molar-refractivity contribution in [1.29, 1.82) is 0 Å². The Bertz CT molecular complexity index is 569. The fraction of sp³-hybridized carbons (Fsp3) is 0.417. The van der Waals surface area contributed by atoms with E-state index in [4.69, 9.17) is 15.6 Å². The average molecular weight is 286 g/mol. The Morgan fingerprint density at radius 1 is 1.42 bits per heavy atom. The minimum Gasteiger partial charge on any atom is -0.483 e. The molecule has 0 aromatic heterocycles. The molecule has 0 bridgehead atoms. The van der Waals surface area contributed by atoms with Gasteiger partial charge >= 0.3 is 0 Å². The van der Waals surface area contributed by atoms with Crippen LogP contribution in [0.4, 0.5) is 0 Å². The summed E-state index contributed by atoms with van der Waals surface area (Å²) in [7, 11) is -3.76. The van der Waals surface area contributed by atoms with Gasteiger partial charge in [-0.3, -0.25) is 4.79 Å². The number of rotatable bonds is 6. The summed E-state index contributed by atoms with van der Waals surface area (Å²) in [5.74, 6) is -0.0734. The van der Waals surface area contributed by atoms with E-state index in [1.165, 1.54) is 18.2 Å². The van der Waals surface area contributed by atoms with E-state index >= 15 is 0 Å². The van der Waals surface area contributed by atoms with E-state index in [9.17, 15) is 13.2 Å². The van der Waals surface area contributed by atoms with Crippen LogP contribution in [-0.2, 0) is 14.8 Å². The molecule has 0 spiro atoms. The Labute approximate surface area is 112 Å². The maximum absolute atomic E-state index is 11.3. The summed E-state index contributed by atoms with van der Waals surface area (Å²) in [6, 6.07) is 4.31. The Hall–Kier alpha value is -1.60. The van der Waals surface area contributed by atoms with E-state index in [1.807, 2.05) is 13.8 Å². The highest BCUT2D eigenvalue weighted by Gasteiger charge is 2.16. The van der Waals surface area contributed by atoms with Crippen LogP contribution in [0.1, 0.15) is 31.7 Å². The molecule has 6 nitrogen and oxygen atoms in total. The normalized spacial score (nSPS) is 13.0. The molecule has 4 N–H and O–H groups in total. The molecule has 1 amide bonds. The molecular formula is C12H18N2O4S. The number of nitrogens with two attached hydrogens (primary N) is 2. The monoisotopic (exact) mass is 286 g/mol. The predicted octanol–water partition coefficient (Wildman–Crippen LogP) is 0.712. The van der Waals surface area contributed by atoms with Gasteiger partial charge in [0, 0.05) is 0 Å². The van der Waals surface area contributed by atoms with Crippen molar-refractivity contribution in [2.24, 2.45) is 10.9 Å². The summed E-state index contributed by atoms with van der Waals surface area (Å²) < 4.78 is 28.0. The molecule has 1 aromatic carbocycles. The van der Waals surface area contributed by atoms with Crippen molar-refractivity contribution in [3.8, 4) is 5.75 Å². The number of carbonyl (C=O) groups excluding carboxylic acids is 1. The van der Waals surface area contributed by atoms with Crippen molar-refractivity contribution in [2.75, 3.05) is 6.61 Å². The van der Waals surface area contributed by atoms with Crippen molar-refractivity contribution in [2.45, 2.75) is 31.1 Å². The van der Waals surface area contributed by atoms with Crippen LogP contribution in [-0.4, -0.2) is 20.9 Å². The van der Waals surface area contributed by atoms with Gasteiger partial charge in [-0.2, -0.15) is 0 Å². The molecule has 19 heavy (non-hydrogen) atoms. The molecule has 0 fully saturated rings. The number of primary amides is 1. The van der Waals surface area contributed by atoms with Crippen molar-refractivity contribution in [1.82, 2.24) is 0 Å². The molecule has 0 aliphatic carbocycles. The predicted molar refractivity (Wildman–Crippen MR) is 71.2 cm³/mol. The molecule has 0 aliphatic rings. The number of carbonyl (C=O) groups is 1. The smallest absolute Gasteiger partial charge is 0.255 e. The van der Waals surface area contributed by atoms with Crippen molar-refractivity contribution in [3.63, 3.8) is 0 Å². The van der Waals surface area contributed by atoms with Gasteiger partial charge in [-0.05, 0) is 36.1 Å². The number of hydrogen-bond acceptors (Lipinski definition) is 4. The topological polar surface area (TPSA) is 112 Å². The highest BCUT2D eigenvalue weighted by molar-refractivity contribution is 7.89. The van der Waals surface area contributed by atoms with Gasteiger partial charge in [0.15, 0.2) is 6.61 Å². The molecule has 106 valence electrons. The van der Waals surface area contributed by atoms with Crippen molar-refractivity contribution < 1.29 is 17.9 Å². The van der Waals surface area contributed by atoms with Gasteiger partial charge in [0.25, 0.3) is 5.91 Å². The van der Waals surface area contributed by atoms with E-state index in [-0.39, 0.29) is 17.4 Å². The van der Waals surface area contributed by atoms with Crippen LogP contribution in [0.25, 0.3) is 0 Å². The van der Waals surface area contributed by atoms with Gasteiger partial charge in [0.1, 0.15) is 5.75 Å². The Kier molecular flexibility index (Phi) is 4.90. The first-order valence-corrected chi connectivity index (χ1v) is 7.38. The van der Waals surface area contributed by atoms with Crippen LogP contribution in [0.5, 0.6) is 5.75 Å². The van der Waals surface area contributed by atoms with Crippen LogP contribution in [0.15, 0.2) is 23.1 Å². The molecule has 1 atom stereocenters. The number of ether oxygens (including phenoxy) is 1. The molecule has 0 heterocycles. The molecule has 1 unspecified atom stereocenters. The van der Waals surface area contributed by atoms with Crippen LogP contribution in [0.2, 0.25) is 0 Å². The molecule has 0 saturated carbocycles. The quantitative estimate of drug-likeness (QED) is 0.801. The van der Waals surface area contributed by atoms with Gasteiger partial charge in [-0.1, -0.05) is 13.8 Å². The lowest BCUT2D eigenvalue weighted by Gasteiger charge is -2.16. The number of primary sulfonamides is 1. The first kappa shape index (κ1) is 15.5. The number of amides is 1. The first-order valence-electron chi connectivity index (χ1n) is 5.83. The van der Waals surface area contributed by atoms with Gasteiger partial charge < -0.3 is 10.5 Å². The minimum atomic E-state index is -3.76. The highest BCUT2D eigenvalue weighted by Crippen LogP contribution is 2.30. The zero-order valence-corrected chi connectivity index (χ0v) is 11.7. The third kappa shape index (κ3) is 4.22. The standard InChI is InChI=1S/C12H18N2O4S/c1-3-8(2)10-6-9(19(14,16)17)4-5-11(10)18-7-12(13)15/h4-6,8H,3,7H2,1-2H3,(H2,13,15)(H2,14,16,17). The fourth-order valence-electron chi connectivity index (χ4n) is 1.59. The van der Waals surface area contributed by atoms with E-state index < -0.39 is 15.9 Å². The van der Waals surface area contributed by atoms with Crippen LogP contribution in [0, 0.1) is 0 Å². The summed E-state index contributed by atoms with van der Waals surface area (Å²) in [4.78, 5) is 10.8. The Morgan fingerprint density at radius 3 is 2.53 bits per heavy atom. The molecule has 0 radical (unpaired) electrons. The van der Waals surface area contributed by atoms with Crippen LogP contribution < -0.4 is 15.6 Å². The number of hydrogen-bond donors (Lipinski definition) is 2. The van der Waals surface area contributed by atoms with E-state index in [1.54, 1.807) is 0 Å². The second-order valence-corrected chi connectivity index (χ2v) is 5.87. The van der Waals surface area contributed by atoms with E-state index in [2.05, 4.69) is 0 Å². The molecule has 0 aliphatic heterocycles. The van der Waals surface area contributed by atoms with Gasteiger partial charge in [0.05, 0.1) is 4.90 Å². The lowest BCUT2D eigenvalue weighted by molar-refractivity contribution is -0.119. The molecule has 7 heteroatoms.